The Kier molecular flexibility index (Phi) is 3.69. The van der Waals surface area contributed by atoms with Crippen molar-refractivity contribution in [3.63, 3.8) is 0 Å². The van der Waals surface area contributed by atoms with Gasteiger partial charge in [-0.05, 0) is 23.8 Å². The molecule has 0 unspecified atom stereocenters. The molecule has 0 N–H and O–H groups in total. The van der Waals surface area contributed by atoms with E-state index in [0.29, 0.717) is 5.92 Å². The maximum atomic E-state index is 4.74. The molecule has 96 valence electrons. The van der Waals surface area contributed by atoms with Gasteiger partial charge in [0.15, 0.2) is 0 Å². The number of hydrogen-bond acceptors (Lipinski definition) is 2. The van der Waals surface area contributed by atoms with Crippen LogP contribution in [0.3, 0.4) is 0 Å². The number of aliphatic imine (C=N–C) groups is 1. The summed E-state index contributed by atoms with van der Waals surface area (Å²) in [7, 11) is 0. The minimum absolute atomic E-state index is 0.464. The number of rotatable bonds is 1. The van der Waals surface area contributed by atoms with Crippen molar-refractivity contribution in [3.8, 4) is 0 Å². The van der Waals surface area contributed by atoms with E-state index in [4.69, 9.17) is 4.99 Å². The summed E-state index contributed by atoms with van der Waals surface area (Å²) >= 11 is 1.75. The van der Waals surface area contributed by atoms with E-state index in [1.807, 2.05) is 0 Å². The number of thioether (sulfide) groups is 1. The molecule has 0 aliphatic carbocycles. The fourth-order valence-corrected chi connectivity index (χ4v) is 3.36. The molecule has 3 rings (SSSR count). The lowest BCUT2D eigenvalue weighted by Crippen LogP contribution is -2.05. The van der Waals surface area contributed by atoms with Crippen molar-refractivity contribution in [2.75, 3.05) is 12.8 Å². The molecule has 2 heteroatoms. The zero-order chi connectivity index (χ0) is 13.1. The molecule has 1 atom stereocenters. The Hall–Kier alpha value is -1.54. The first-order valence-corrected chi connectivity index (χ1v) is 7.85. The summed E-state index contributed by atoms with van der Waals surface area (Å²) in [4.78, 5) is 4.74. The minimum atomic E-state index is 0.464. The van der Waals surface area contributed by atoms with Gasteiger partial charge in [-0.1, -0.05) is 54.6 Å². The van der Waals surface area contributed by atoms with Crippen LogP contribution in [-0.2, 0) is 0 Å². The molecule has 0 saturated heterocycles. The fourth-order valence-electron chi connectivity index (χ4n) is 2.74. The highest BCUT2D eigenvalue weighted by molar-refractivity contribution is 8.13. The van der Waals surface area contributed by atoms with Crippen molar-refractivity contribution in [1.29, 1.82) is 0 Å². The van der Waals surface area contributed by atoms with Gasteiger partial charge in [-0.2, -0.15) is 0 Å². The van der Waals surface area contributed by atoms with Crippen LogP contribution in [0.2, 0.25) is 0 Å². The predicted octanol–water partition coefficient (Wildman–Crippen LogP) is 4.33. The van der Waals surface area contributed by atoms with Crippen LogP contribution >= 0.6 is 11.8 Å². The van der Waals surface area contributed by atoms with E-state index in [9.17, 15) is 0 Å². The van der Waals surface area contributed by atoms with E-state index < -0.39 is 0 Å². The summed E-state index contributed by atoms with van der Waals surface area (Å²) < 4.78 is 0. The van der Waals surface area contributed by atoms with E-state index in [-0.39, 0.29) is 0 Å². The first kappa shape index (κ1) is 12.5. The van der Waals surface area contributed by atoms with E-state index in [0.717, 1.165) is 13.0 Å². The number of nitrogens with zero attached hydrogens (tertiary/aromatic N) is 1. The van der Waals surface area contributed by atoms with E-state index in [1.165, 1.54) is 21.7 Å². The molecule has 0 saturated carbocycles. The summed E-state index contributed by atoms with van der Waals surface area (Å²) in [6.45, 7) is 0.907. The standard InChI is InChI=1S/C17H17NS/c1-19-17-16-10-6-5-9-15(16)14(11-12-18-17)13-7-3-2-4-8-13/h2-10,14H,11-12H2,1H3/t14-/m0/s1. The summed E-state index contributed by atoms with van der Waals surface area (Å²) in [5.74, 6) is 0.464. The molecular formula is C17H17NS. The molecular weight excluding hydrogens is 250 g/mol. The quantitative estimate of drug-likeness (QED) is 0.749. The van der Waals surface area contributed by atoms with Gasteiger partial charge in [-0.25, -0.2) is 0 Å². The lowest BCUT2D eigenvalue weighted by atomic mass is 9.86. The van der Waals surface area contributed by atoms with Gasteiger partial charge in [0, 0.05) is 18.0 Å². The third-order valence-electron chi connectivity index (χ3n) is 3.64. The molecule has 19 heavy (non-hydrogen) atoms. The number of hydrogen-bond donors (Lipinski definition) is 0. The van der Waals surface area contributed by atoms with Crippen LogP contribution in [0.25, 0.3) is 0 Å². The zero-order valence-electron chi connectivity index (χ0n) is 11.0. The van der Waals surface area contributed by atoms with Crippen LogP contribution in [0.15, 0.2) is 59.6 Å². The Labute approximate surface area is 118 Å². The summed E-state index contributed by atoms with van der Waals surface area (Å²) in [6, 6.07) is 19.5. The fraction of sp³-hybridized carbons (Fsp3) is 0.235. The van der Waals surface area contributed by atoms with Gasteiger partial charge in [0.05, 0.1) is 5.04 Å². The predicted molar refractivity (Wildman–Crippen MR) is 84.3 cm³/mol. The van der Waals surface area contributed by atoms with Crippen LogP contribution in [-0.4, -0.2) is 17.8 Å². The molecule has 2 aromatic rings. The van der Waals surface area contributed by atoms with Gasteiger partial charge in [-0.15, -0.1) is 11.8 Å². The maximum absolute atomic E-state index is 4.74. The zero-order valence-corrected chi connectivity index (χ0v) is 11.9. The molecule has 1 heterocycles. The Morgan fingerprint density at radius 1 is 1.00 bits per heavy atom. The molecule has 0 aromatic heterocycles. The third kappa shape index (κ3) is 2.45. The lowest BCUT2D eigenvalue weighted by Gasteiger charge is -2.18. The Morgan fingerprint density at radius 2 is 1.74 bits per heavy atom. The van der Waals surface area contributed by atoms with Crippen LogP contribution in [0.5, 0.6) is 0 Å². The first-order valence-electron chi connectivity index (χ1n) is 6.63. The van der Waals surface area contributed by atoms with Gasteiger partial charge in [0.2, 0.25) is 0 Å². The van der Waals surface area contributed by atoms with E-state index in [2.05, 4.69) is 60.9 Å². The summed E-state index contributed by atoms with van der Waals surface area (Å²) in [5, 5.41) is 1.18. The van der Waals surface area contributed by atoms with Gasteiger partial charge in [-0.3, -0.25) is 4.99 Å². The molecule has 0 spiro atoms. The SMILES string of the molecule is CSC1=NCC[C@@H](c2ccccc2)c2ccccc21. The van der Waals surface area contributed by atoms with Crippen molar-refractivity contribution in [3.05, 3.63) is 71.3 Å². The number of fused-ring (bicyclic) bond motifs is 1. The van der Waals surface area contributed by atoms with Gasteiger partial charge < -0.3 is 0 Å². The number of benzene rings is 2. The Balaban J connectivity index is 2.10. The normalized spacial score (nSPS) is 18.4. The second-order valence-electron chi connectivity index (χ2n) is 4.73. The molecule has 2 aromatic carbocycles. The molecule has 0 fully saturated rings. The second-order valence-corrected chi connectivity index (χ2v) is 5.53. The van der Waals surface area contributed by atoms with E-state index >= 15 is 0 Å². The van der Waals surface area contributed by atoms with Gasteiger partial charge >= 0.3 is 0 Å². The summed E-state index contributed by atoms with van der Waals surface area (Å²) in [6.07, 6.45) is 3.20. The Bertz CT molecular complexity index is 589. The first-order chi connectivity index (χ1) is 9.40. The highest BCUT2D eigenvalue weighted by Crippen LogP contribution is 2.34. The molecule has 0 bridgehead atoms. The van der Waals surface area contributed by atoms with Crippen LogP contribution in [0.4, 0.5) is 0 Å². The second kappa shape index (κ2) is 5.62. The van der Waals surface area contributed by atoms with Crippen LogP contribution in [0.1, 0.15) is 29.0 Å². The molecule has 1 aliphatic heterocycles. The smallest absolute Gasteiger partial charge is 0.0977 e. The topological polar surface area (TPSA) is 12.4 Å². The van der Waals surface area contributed by atoms with E-state index in [1.54, 1.807) is 11.8 Å². The molecule has 1 aliphatic rings. The van der Waals surface area contributed by atoms with Crippen molar-refractivity contribution in [2.45, 2.75) is 12.3 Å². The average Bonchev–Trinajstić information content (AvgIpc) is 2.67. The largest absolute Gasteiger partial charge is 0.278 e. The monoisotopic (exact) mass is 267 g/mol. The molecule has 0 amide bonds. The van der Waals surface area contributed by atoms with Crippen molar-refractivity contribution >= 4 is 16.8 Å². The molecule has 0 radical (unpaired) electrons. The van der Waals surface area contributed by atoms with Gasteiger partial charge in [0.25, 0.3) is 0 Å². The average molecular weight is 267 g/mol. The highest BCUT2D eigenvalue weighted by atomic mass is 32.2. The summed E-state index contributed by atoms with van der Waals surface area (Å²) in [5.41, 5.74) is 4.12. The van der Waals surface area contributed by atoms with Crippen molar-refractivity contribution in [1.82, 2.24) is 0 Å². The maximum Gasteiger partial charge on any atom is 0.0977 e. The van der Waals surface area contributed by atoms with Gasteiger partial charge in [0.1, 0.15) is 0 Å². The molecule has 1 nitrogen and oxygen atoms in total. The third-order valence-corrected chi connectivity index (χ3v) is 4.37. The van der Waals surface area contributed by atoms with Crippen molar-refractivity contribution < 1.29 is 0 Å². The van der Waals surface area contributed by atoms with Crippen molar-refractivity contribution in [2.24, 2.45) is 4.99 Å². The highest BCUT2D eigenvalue weighted by Gasteiger charge is 2.21. The van der Waals surface area contributed by atoms with Crippen LogP contribution in [0, 0.1) is 0 Å². The Morgan fingerprint density at radius 3 is 2.53 bits per heavy atom. The minimum Gasteiger partial charge on any atom is -0.278 e. The van der Waals surface area contributed by atoms with Crippen LogP contribution < -0.4 is 0 Å². The lowest BCUT2D eigenvalue weighted by molar-refractivity contribution is 0.735.